The Balaban J connectivity index is 2.06. The van der Waals surface area contributed by atoms with E-state index in [1.165, 1.54) is 18.6 Å². The standard InChI is InChI=1S/C13H12N4O3/c18-12(19)11(9-4-2-1-3-5-9)17-13(20)16-10-8-14-6-7-15-10/h1-8,11H,(H,18,19)(H2,15,16,17,20). The predicted molar refractivity (Wildman–Crippen MR) is 71.0 cm³/mol. The average Bonchev–Trinajstić information content (AvgIpc) is 2.46. The fourth-order valence-electron chi connectivity index (χ4n) is 1.58. The van der Waals surface area contributed by atoms with E-state index in [9.17, 15) is 14.7 Å². The van der Waals surface area contributed by atoms with Crippen LogP contribution in [0.4, 0.5) is 10.6 Å². The number of carbonyl (C=O) groups excluding carboxylic acids is 1. The molecule has 2 rings (SSSR count). The van der Waals surface area contributed by atoms with Gasteiger partial charge in [-0.3, -0.25) is 10.3 Å². The topological polar surface area (TPSA) is 104 Å². The lowest BCUT2D eigenvalue weighted by Crippen LogP contribution is -2.36. The minimum absolute atomic E-state index is 0.238. The smallest absolute Gasteiger partial charge is 0.330 e. The highest BCUT2D eigenvalue weighted by Crippen LogP contribution is 2.12. The first-order chi connectivity index (χ1) is 9.66. The molecule has 2 aromatic rings. The minimum Gasteiger partial charge on any atom is -0.479 e. The molecule has 0 radical (unpaired) electrons. The molecule has 0 bridgehead atoms. The second-order valence-corrected chi connectivity index (χ2v) is 3.87. The Labute approximate surface area is 114 Å². The molecule has 0 saturated heterocycles. The quantitative estimate of drug-likeness (QED) is 0.780. The third kappa shape index (κ3) is 3.52. The summed E-state index contributed by atoms with van der Waals surface area (Å²) < 4.78 is 0. The summed E-state index contributed by atoms with van der Waals surface area (Å²) >= 11 is 0. The van der Waals surface area contributed by atoms with Gasteiger partial charge in [-0.25, -0.2) is 14.6 Å². The Hall–Kier alpha value is -2.96. The monoisotopic (exact) mass is 272 g/mol. The number of nitrogens with one attached hydrogen (secondary N) is 2. The summed E-state index contributed by atoms with van der Waals surface area (Å²) in [4.78, 5) is 30.6. The molecule has 0 fully saturated rings. The van der Waals surface area contributed by atoms with Crippen LogP contribution >= 0.6 is 0 Å². The van der Waals surface area contributed by atoms with Gasteiger partial charge in [0.2, 0.25) is 0 Å². The second kappa shape index (κ2) is 6.28. The number of hydrogen-bond acceptors (Lipinski definition) is 4. The first-order valence-electron chi connectivity index (χ1n) is 5.78. The molecule has 20 heavy (non-hydrogen) atoms. The van der Waals surface area contributed by atoms with E-state index in [1.807, 2.05) is 0 Å². The Kier molecular flexibility index (Phi) is 4.23. The molecule has 0 saturated carbocycles. The highest BCUT2D eigenvalue weighted by Gasteiger charge is 2.21. The number of carbonyl (C=O) groups is 2. The van der Waals surface area contributed by atoms with E-state index in [2.05, 4.69) is 20.6 Å². The van der Waals surface area contributed by atoms with E-state index in [0.29, 0.717) is 5.56 Å². The van der Waals surface area contributed by atoms with Gasteiger partial charge in [0.1, 0.15) is 0 Å². The number of aromatic nitrogens is 2. The second-order valence-electron chi connectivity index (χ2n) is 3.87. The van der Waals surface area contributed by atoms with E-state index in [0.717, 1.165) is 0 Å². The van der Waals surface area contributed by atoms with Crippen LogP contribution in [0.3, 0.4) is 0 Å². The lowest BCUT2D eigenvalue weighted by atomic mass is 10.1. The third-order valence-electron chi connectivity index (χ3n) is 2.46. The molecule has 0 aliphatic heterocycles. The maximum atomic E-state index is 11.7. The summed E-state index contributed by atoms with van der Waals surface area (Å²) in [5, 5.41) is 13.9. The molecule has 1 aromatic heterocycles. The van der Waals surface area contributed by atoms with Crippen LogP contribution in [0.1, 0.15) is 11.6 Å². The maximum Gasteiger partial charge on any atom is 0.330 e. The van der Waals surface area contributed by atoms with Crippen LogP contribution in [0, 0.1) is 0 Å². The Morgan fingerprint density at radius 1 is 1.15 bits per heavy atom. The van der Waals surface area contributed by atoms with Gasteiger partial charge in [-0.2, -0.15) is 0 Å². The van der Waals surface area contributed by atoms with Gasteiger partial charge in [0.15, 0.2) is 11.9 Å². The largest absolute Gasteiger partial charge is 0.479 e. The summed E-state index contributed by atoms with van der Waals surface area (Å²) in [6.45, 7) is 0. The molecule has 0 aliphatic carbocycles. The van der Waals surface area contributed by atoms with Crippen molar-refractivity contribution in [3.63, 3.8) is 0 Å². The van der Waals surface area contributed by atoms with Crippen molar-refractivity contribution in [2.45, 2.75) is 6.04 Å². The predicted octanol–water partition coefficient (Wildman–Crippen LogP) is 1.42. The Morgan fingerprint density at radius 3 is 2.50 bits per heavy atom. The fourth-order valence-corrected chi connectivity index (χ4v) is 1.58. The minimum atomic E-state index is -1.15. The van der Waals surface area contributed by atoms with Crippen LogP contribution in [-0.4, -0.2) is 27.1 Å². The van der Waals surface area contributed by atoms with Gasteiger partial charge >= 0.3 is 12.0 Å². The maximum absolute atomic E-state index is 11.7. The molecule has 2 amide bonds. The van der Waals surface area contributed by atoms with Crippen molar-refractivity contribution in [3.05, 3.63) is 54.5 Å². The van der Waals surface area contributed by atoms with Crippen LogP contribution in [0.5, 0.6) is 0 Å². The van der Waals surface area contributed by atoms with Crippen molar-refractivity contribution in [2.24, 2.45) is 0 Å². The number of rotatable bonds is 4. The van der Waals surface area contributed by atoms with Crippen LogP contribution in [-0.2, 0) is 4.79 Å². The van der Waals surface area contributed by atoms with E-state index in [-0.39, 0.29) is 5.82 Å². The molecule has 1 atom stereocenters. The first kappa shape index (κ1) is 13.5. The van der Waals surface area contributed by atoms with E-state index in [4.69, 9.17) is 0 Å². The normalized spacial score (nSPS) is 11.4. The van der Waals surface area contributed by atoms with E-state index < -0.39 is 18.0 Å². The van der Waals surface area contributed by atoms with Gasteiger partial charge in [-0.05, 0) is 5.56 Å². The molecule has 3 N–H and O–H groups in total. The number of benzene rings is 1. The number of urea groups is 1. The molecular formula is C13H12N4O3. The van der Waals surface area contributed by atoms with Crippen molar-refractivity contribution < 1.29 is 14.7 Å². The highest BCUT2D eigenvalue weighted by molar-refractivity contribution is 5.91. The van der Waals surface area contributed by atoms with Gasteiger partial charge in [0.25, 0.3) is 0 Å². The SMILES string of the molecule is O=C(Nc1cnccn1)NC(C(=O)O)c1ccccc1. The summed E-state index contributed by atoms with van der Waals surface area (Å²) in [7, 11) is 0. The molecule has 7 heteroatoms. The lowest BCUT2D eigenvalue weighted by molar-refractivity contribution is -0.139. The molecule has 102 valence electrons. The van der Waals surface area contributed by atoms with Gasteiger partial charge in [0.05, 0.1) is 6.20 Å². The number of amides is 2. The number of anilines is 1. The molecular weight excluding hydrogens is 260 g/mol. The summed E-state index contributed by atoms with van der Waals surface area (Å²) in [6, 6.07) is 6.63. The number of aliphatic carboxylic acids is 1. The molecule has 7 nitrogen and oxygen atoms in total. The van der Waals surface area contributed by atoms with Gasteiger partial charge < -0.3 is 10.4 Å². The van der Waals surface area contributed by atoms with Crippen molar-refractivity contribution in [1.82, 2.24) is 15.3 Å². The summed E-state index contributed by atoms with van der Waals surface area (Å²) in [6.07, 6.45) is 4.24. The first-order valence-corrected chi connectivity index (χ1v) is 5.78. The molecule has 1 aromatic carbocycles. The highest BCUT2D eigenvalue weighted by atomic mass is 16.4. The van der Waals surface area contributed by atoms with Crippen LogP contribution in [0.25, 0.3) is 0 Å². The van der Waals surface area contributed by atoms with E-state index >= 15 is 0 Å². The van der Waals surface area contributed by atoms with Crippen LogP contribution in [0.15, 0.2) is 48.9 Å². The zero-order valence-electron chi connectivity index (χ0n) is 10.4. The molecule has 0 aliphatic rings. The molecule has 1 unspecified atom stereocenters. The van der Waals surface area contributed by atoms with E-state index in [1.54, 1.807) is 30.3 Å². The zero-order valence-corrected chi connectivity index (χ0v) is 10.4. The van der Waals surface area contributed by atoms with Crippen LogP contribution < -0.4 is 10.6 Å². The zero-order chi connectivity index (χ0) is 14.4. The number of hydrogen-bond donors (Lipinski definition) is 3. The summed E-state index contributed by atoms with van der Waals surface area (Å²) in [5.41, 5.74) is 0.481. The Morgan fingerprint density at radius 2 is 1.90 bits per heavy atom. The van der Waals surface area contributed by atoms with Gasteiger partial charge in [-0.1, -0.05) is 30.3 Å². The van der Waals surface area contributed by atoms with Crippen molar-refractivity contribution in [2.75, 3.05) is 5.32 Å². The fraction of sp³-hybridized carbons (Fsp3) is 0.0769. The molecule has 0 spiro atoms. The van der Waals surface area contributed by atoms with Gasteiger partial charge in [-0.15, -0.1) is 0 Å². The number of carboxylic acids is 1. The summed E-state index contributed by atoms with van der Waals surface area (Å²) in [5.74, 6) is -0.910. The molecule has 1 heterocycles. The Bertz CT molecular complexity index is 589. The van der Waals surface area contributed by atoms with Crippen molar-refractivity contribution in [3.8, 4) is 0 Å². The average molecular weight is 272 g/mol. The lowest BCUT2D eigenvalue weighted by Gasteiger charge is -2.15. The van der Waals surface area contributed by atoms with Crippen LogP contribution in [0.2, 0.25) is 0 Å². The van der Waals surface area contributed by atoms with Crippen molar-refractivity contribution >= 4 is 17.8 Å². The van der Waals surface area contributed by atoms with Gasteiger partial charge in [0, 0.05) is 12.4 Å². The number of carboxylic acid groups (broad SMARTS) is 1. The van der Waals surface area contributed by atoms with Crippen molar-refractivity contribution in [1.29, 1.82) is 0 Å². The third-order valence-corrected chi connectivity index (χ3v) is 2.46. The number of nitrogens with zero attached hydrogens (tertiary/aromatic N) is 2.